The van der Waals surface area contributed by atoms with Gasteiger partial charge in [-0.25, -0.2) is 4.99 Å². The van der Waals surface area contributed by atoms with Crippen LogP contribution >= 0.6 is 23.2 Å². The molecule has 4 aliphatic rings. The van der Waals surface area contributed by atoms with Crippen molar-refractivity contribution >= 4 is 52.0 Å². The lowest BCUT2D eigenvalue weighted by Gasteiger charge is -2.51. The molecule has 2 N–H and O–H groups in total. The number of carbonyl (C=O) groups is 1. The van der Waals surface area contributed by atoms with Crippen LogP contribution in [0.1, 0.15) is 44.1 Å². The molecule has 3 aliphatic heterocycles. The monoisotopic (exact) mass is 482 g/mol. The van der Waals surface area contributed by atoms with Gasteiger partial charge in [0.05, 0.1) is 32.6 Å². The van der Waals surface area contributed by atoms with E-state index < -0.39 is 0 Å². The van der Waals surface area contributed by atoms with E-state index in [1.807, 2.05) is 24.3 Å². The maximum Gasteiger partial charge on any atom is 0.222 e. The second kappa shape index (κ2) is 7.92. The predicted octanol–water partition coefficient (Wildman–Crippen LogP) is 6.42. The van der Waals surface area contributed by atoms with Gasteiger partial charge in [0.15, 0.2) is 0 Å². The second-order valence-corrected chi connectivity index (χ2v) is 10.9. The van der Waals surface area contributed by atoms with Gasteiger partial charge in [-0.3, -0.25) is 4.79 Å². The topological polar surface area (TPSA) is 56.7 Å². The molecule has 2 saturated heterocycles. The van der Waals surface area contributed by atoms with Crippen LogP contribution in [-0.4, -0.2) is 34.8 Å². The van der Waals surface area contributed by atoms with E-state index in [1.165, 1.54) is 0 Å². The zero-order valence-electron chi connectivity index (χ0n) is 18.7. The number of nitrogens with one attached hydrogen (secondary N) is 2. The van der Waals surface area contributed by atoms with Crippen molar-refractivity contribution < 1.29 is 4.79 Å². The maximum atomic E-state index is 12.7. The highest BCUT2D eigenvalue weighted by molar-refractivity contribution is 6.42. The predicted molar refractivity (Wildman–Crippen MR) is 135 cm³/mol. The number of amides is 1. The molecular weight excluding hydrogens is 455 g/mol. The standard InChI is InChI=1S/C26H28Cl2N4O/c1-15-5-2-3-7-20(15)29-25-26(31-22-12-19(28)18(27)11-21(22)30-25)13-16-6-4-8-23(33)32-10-9-17(14-26)24(16)32/h2-3,5,7,11-12,16-17,24,31H,4,6,8-10,13-14H2,1H3,(H,29,30)/t16-,17+,24-,26+/m1/s1. The summed E-state index contributed by atoms with van der Waals surface area (Å²) in [6.07, 6.45) is 5.67. The zero-order chi connectivity index (χ0) is 22.7. The molecule has 2 aromatic carbocycles. The van der Waals surface area contributed by atoms with Gasteiger partial charge >= 0.3 is 0 Å². The molecule has 172 valence electrons. The van der Waals surface area contributed by atoms with Crippen molar-refractivity contribution in [1.29, 1.82) is 0 Å². The van der Waals surface area contributed by atoms with Gasteiger partial charge in [-0.2, -0.15) is 0 Å². The summed E-state index contributed by atoms with van der Waals surface area (Å²) in [6.45, 7) is 2.98. The fourth-order valence-corrected chi connectivity index (χ4v) is 6.95. The normalized spacial score (nSPS) is 31.6. The molecule has 1 spiro atoms. The first-order valence-corrected chi connectivity index (χ1v) is 12.7. The van der Waals surface area contributed by atoms with E-state index in [9.17, 15) is 4.79 Å². The van der Waals surface area contributed by atoms with Gasteiger partial charge in [-0.05, 0) is 74.6 Å². The highest BCUT2D eigenvalue weighted by Crippen LogP contribution is 2.51. The molecule has 1 amide bonds. The van der Waals surface area contributed by atoms with Crippen molar-refractivity contribution in [2.75, 3.05) is 17.2 Å². The van der Waals surface area contributed by atoms with Gasteiger partial charge in [0, 0.05) is 19.0 Å². The summed E-state index contributed by atoms with van der Waals surface area (Å²) in [5.41, 5.74) is 3.64. The Morgan fingerprint density at radius 3 is 2.58 bits per heavy atom. The summed E-state index contributed by atoms with van der Waals surface area (Å²) in [5, 5.41) is 8.58. The lowest BCUT2D eigenvalue weighted by Crippen LogP contribution is -2.60. The van der Waals surface area contributed by atoms with E-state index in [4.69, 9.17) is 28.2 Å². The van der Waals surface area contributed by atoms with E-state index in [-0.39, 0.29) is 5.54 Å². The minimum atomic E-state index is -0.332. The summed E-state index contributed by atoms with van der Waals surface area (Å²) >= 11 is 12.7. The van der Waals surface area contributed by atoms with E-state index in [1.54, 1.807) is 0 Å². The van der Waals surface area contributed by atoms with E-state index >= 15 is 0 Å². The Bertz CT molecular complexity index is 1160. The number of aryl methyl sites for hydroxylation is 1. The number of rotatable bonds is 1. The minimum Gasteiger partial charge on any atom is -0.371 e. The molecule has 3 fully saturated rings. The Labute approximate surface area is 204 Å². The van der Waals surface area contributed by atoms with Gasteiger partial charge in [-0.15, -0.1) is 0 Å². The minimum absolute atomic E-state index is 0.332. The van der Waals surface area contributed by atoms with E-state index in [0.29, 0.717) is 40.3 Å². The third kappa shape index (κ3) is 3.52. The van der Waals surface area contributed by atoms with Crippen molar-refractivity contribution in [2.45, 2.75) is 57.0 Å². The summed E-state index contributed by atoms with van der Waals surface area (Å²) in [7, 11) is 0. The van der Waals surface area contributed by atoms with Gasteiger partial charge in [-0.1, -0.05) is 41.4 Å². The summed E-state index contributed by atoms with van der Waals surface area (Å²) < 4.78 is 0. The molecule has 5 nitrogen and oxygen atoms in total. The van der Waals surface area contributed by atoms with Crippen LogP contribution in [0.5, 0.6) is 0 Å². The molecule has 33 heavy (non-hydrogen) atoms. The highest BCUT2D eigenvalue weighted by atomic mass is 35.5. The number of benzene rings is 2. The number of amidine groups is 1. The third-order valence-electron chi connectivity index (χ3n) is 8.06. The molecule has 0 bridgehead atoms. The van der Waals surface area contributed by atoms with E-state index in [2.05, 4.69) is 34.6 Å². The Morgan fingerprint density at radius 1 is 1.06 bits per heavy atom. The van der Waals surface area contributed by atoms with Crippen LogP contribution in [0.4, 0.5) is 17.1 Å². The van der Waals surface area contributed by atoms with Crippen molar-refractivity contribution in [3.05, 3.63) is 52.0 Å². The van der Waals surface area contributed by atoms with Gasteiger partial charge in [0.25, 0.3) is 0 Å². The lowest BCUT2D eigenvalue weighted by molar-refractivity contribution is -0.132. The smallest absolute Gasteiger partial charge is 0.222 e. The largest absolute Gasteiger partial charge is 0.371 e. The van der Waals surface area contributed by atoms with Crippen molar-refractivity contribution in [3.8, 4) is 0 Å². The number of hydrogen-bond donors (Lipinski definition) is 2. The van der Waals surface area contributed by atoms with Crippen LogP contribution in [0.3, 0.4) is 0 Å². The van der Waals surface area contributed by atoms with Crippen LogP contribution in [0.2, 0.25) is 10.0 Å². The number of hydrogen-bond acceptors (Lipinski definition) is 3. The molecular formula is C26H28Cl2N4O. The molecule has 0 unspecified atom stereocenters. The molecule has 0 aromatic heterocycles. The number of fused-ring (bicyclic) bond motifs is 1. The SMILES string of the molecule is Cc1ccccc1N=C1Nc2cc(Cl)c(Cl)cc2N[C@]12C[C@H]1CCCC(=O)N3CC[C@@H](C2)[C@@H]13. The van der Waals surface area contributed by atoms with Crippen LogP contribution < -0.4 is 10.6 Å². The van der Waals surface area contributed by atoms with Crippen LogP contribution in [0, 0.1) is 18.8 Å². The van der Waals surface area contributed by atoms with E-state index in [0.717, 1.165) is 67.1 Å². The number of aliphatic imine (C=N–C) groups is 1. The second-order valence-electron chi connectivity index (χ2n) is 10.1. The lowest BCUT2D eigenvalue weighted by atomic mass is 9.65. The fourth-order valence-electron chi connectivity index (χ4n) is 6.62. The first-order chi connectivity index (χ1) is 15.9. The fraction of sp³-hybridized carbons (Fsp3) is 0.462. The molecule has 0 radical (unpaired) electrons. The molecule has 7 heteroatoms. The zero-order valence-corrected chi connectivity index (χ0v) is 20.2. The number of para-hydroxylation sites is 1. The van der Waals surface area contributed by atoms with Crippen molar-refractivity contribution in [3.63, 3.8) is 0 Å². The highest BCUT2D eigenvalue weighted by Gasteiger charge is 2.55. The maximum absolute atomic E-state index is 12.7. The molecule has 3 heterocycles. The molecule has 6 rings (SSSR count). The van der Waals surface area contributed by atoms with Crippen LogP contribution in [0.15, 0.2) is 41.4 Å². The molecule has 4 atom stereocenters. The first-order valence-electron chi connectivity index (χ1n) is 11.9. The average Bonchev–Trinajstić information content (AvgIpc) is 3.14. The number of halogens is 2. The number of anilines is 2. The molecule has 2 aromatic rings. The van der Waals surface area contributed by atoms with Gasteiger partial charge < -0.3 is 15.5 Å². The van der Waals surface area contributed by atoms with Gasteiger partial charge in [0.2, 0.25) is 5.91 Å². The summed E-state index contributed by atoms with van der Waals surface area (Å²) in [5.74, 6) is 2.20. The van der Waals surface area contributed by atoms with Crippen LogP contribution in [0.25, 0.3) is 0 Å². The molecule has 1 saturated carbocycles. The molecule has 1 aliphatic carbocycles. The third-order valence-corrected chi connectivity index (χ3v) is 8.78. The Hall–Kier alpha value is -2.24. The summed E-state index contributed by atoms with van der Waals surface area (Å²) in [4.78, 5) is 20.1. The number of nitrogens with zero attached hydrogens (tertiary/aromatic N) is 2. The number of carbonyl (C=O) groups excluding carboxylic acids is 1. The summed E-state index contributed by atoms with van der Waals surface area (Å²) in [6, 6.07) is 12.4. The Morgan fingerprint density at radius 2 is 1.79 bits per heavy atom. The Balaban J connectivity index is 1.47. The first kappa shape index (κ1) is 21.3. The van der Waals surface area contributed by atoms with Crippen molar-refractivity contribution in [1.82, 2.24) is 4.90 Å². The quantitative estimate of drug-likeness (QED) is 0.492. The Kier molecular flexibility index (Phi) is 5.11. The van der Waals surface area contributed by atoms with Crippen molar-refractivity contribution in [2.24, 2.45) is 16.8 Å². The van der Waals surface area contributed by atoms with Gasteiger partial charge in [0.1, 0.15) is 5.84 Å². The van der Waals surface area contributed by atoms with Crippen LogP contribution in [-0.2, 0) is 4.79 Å². The average molecular weight is 483 g/mol.